The first kappa shape index (κ1) is 6.20. The molecule has 1 saturated heterocycles. The summed E-state index contributed by atoms with van der Waals surface area (Å²) in [6, 6.07) is 0. The Morgan fingerprint density at radius 3 is 3.10 bits per heavy atom. The molecule has 2 atom stereocenters. The zero-order valence-electron chi connectivity index (χ0n) is 6.34. The van der Waals surface area contributed by atoms with Crippen LogP contribution in [0.5, 0.6) is 0 Å². The fraction of sp³-hybridized carbons (Fsp3) is 0.875. The van der Waals surface area contributed by atoms with Gasteiger partial charge in [-0.2, -0.15) is 0 Å². The van der Waals surface area contributed by atoms with Gasteiger partial charge in [0.25, 0.3) is 0 Å². The molecule has 0 aromatic heterocycles. The Balaban J connectivity index is 2.17. The number of hydrogen-bond acceptors (Lipinski definition) is 1. The van der Waals surface area contributed by atoms with Crippen LogP contribution in [0.4, 0.5) is 0 Å². The molecule has 2 rings (SSSR count). The van der Waals surface area contributed by atoms with Gasteiger partial charge in [-0.1, -0.05) is 0 Å². The molecule has 0 aromatic carbocycles. The second-order valence-electron chi connectivity index (χ2n) is 3.59. The number of carbonyl (C=O) groups excluding carboxylic acids is 1. The number of fused-ring (bicyclic) bond motifs is 2. The van der Waals surface area contributed by atoms with Gasteiger partial charge in [0.2, 0.25) is 5.91 Å². The predicted octanol–water partition coefficient (Wildman–Crippen LogP) is 0.875. The number of nitrogens with zero attached hydrogens (tertiary/aromatic N) is 1. The normalized spacial score (nSPS) is 38.9. The Kier molecular flexibility index (Phi) is 1.22. The van der Waals surface area contributed by atoms with Crippen molar-refractivity contribution in [2.45, 2.75) is 19.3 Å². The zero-order valence-corrected chi connectivity index (χ0v) is 6.34. The van der Waals surface area contributed by atoms with E-state index in [9.17, 15) is 4.79 Å². The summed E-state index contributed by atoms with van der Waals surface area (Å²) < 4.78 is 0. The Hall–Kier alpha value is -0.530. The summed E-state index contributed by atoms with van der Waals surface area (Å²) in [5.41, 5.74) is 0. The molecule has 0 aromatic rings. The van der Waals surface area contributed by atoms with Crippen LogP contribution in [-0.4, -0.2) is 24.4 Å². The number of amides is 1. The third-order valence-electron chi connectivity index (χ3n) is 2.80. The topological polar surface area (TPSA) is 20.3 Å². The van der Waals surface area contributed by atoms with Crippen LogP contribution in [0.25, 0.3) is 0 Å². The first-order chi connectivity index (χ1) is 4.77. The van der Waals surface area contributed by atoms with E-state index in [1.54, 1.807) is 0 Å². The molecule has 1 heterocycles. The number of carbonyl (C=O) groups is 1. The van der Waals surface area contributed by atoms with Gasteiger partial charge >= 0.3 is 0 Å². The van der Waals surface area contributed by atoms with Crippen LogP contribution in [0.15, 0.2) is 0 Å². The quantitative estimate of drug-likeness (QED) is 0.487. The molecule has 0 radical (unpaired) electrons. The van der Waals surface area contributed by atoms with Crippen molar-refractivity contribution in [2.24, 2.45) is 11.8 Å². The minimum absolute atomic E-state index is 0.383. The Bertz CT molecular complexity index is 167. The van der Waals surface area contributed by atoms with Crippen LogP contribution >= 0.6 is 0 Å². The Labute approximate surface area is 61.2 Å². The highest BCUT2D eigenvalue weighted by Gasteiger charge is 2.37. The van der Waals surface area contributed by atoms with Gasteiger partial charge in [-0.05, 0) is 25.2 Å². The standard InChI is InChI=1S/C8H13NO/c1-9-5-6-2-3-7(4-6)8(9)10/h6-7H,2-5H2,1H3. The summed E-state index contributed by atoms with van der Waals surface area (Å²) in [5, 5.41) is 0. The van der Waals surface area contributed by atoms with Crippen LogP contribution in [0, 0.1) is 11.8 Å². The fourth-order valence-corrected chi connectivity index (χ4v) is 2.25. The maximum absolute atomic E-state index is 11.3. The van der Waals surface area contributed by atoms with E-state index >= 15 is 0 Å². The Morgan fingerprint density at radius 2 is 2.30 bits per heavy atom. The van der Waals surface area contributed by atoms with E-state index in [2.05, 4.69) is 0 Å². The minimum atomic E-state index is 0.383. The zero-order chi connectivity index (χ0) is 7.14. The maximum atomic E-state index is 11.3. The minimum Gasteiger partial charge on any atom is -0.345 e. The lowest BCUT2D eigenvalue weighted by Gasteiger charge is -2.27. The lowest BCUT2D eigenvalue weighted by Crippen LogP contribution is -2.38. The molecule has 1 amide bonds. The van der Waals surface area contributed by atoms with Gasteiger partial charge in [-0.25, -0.2) is 0 Å². The van der Waals surface area contributed by atoms with Crippen molar-refractivity contribution < 1.29 is 4.79 Å². The maximum Gasteiger partial charge on any atom is 0.225 e. The van der Waals surface area contributed by atoms with Gasteiger partial charge in [-0.3, -0.25) is 4.79 Å². The van der Waals surface area contributed by atoms with Crippen molar-refractivity contribution in [2.75, 3.05) is 13.6 Å². The van der Waals surface area contributed by atoms with Crippen LogP contribution < -0.4 is 0 Å². The molecular weight excluding hydrogens is 126 g/mol. The van der Waals surface area contributed by atoms with Gasteiger partial charge in [0, 0.05) is 19.5 Å². The molecule has 56 valence electrons. The van der Waals surface area contributed by atoms with E-state index < -0.39 is 0 Å². The van der Waals surface area contributed by atoms with Gasteiger partial charge in [0.05, 0.1) is 0 Å². The van der Waals surface area contributed by atoms with Crippen molar-refractivity contribution in [1.82, 2.24) is 4.90 Å². The van der Waals surface area contributed by atoms with E-state index in [4.69, 9.17) is 0 Å². The van der Waals surface area contributed by atoms with Crippen molar-refractivity contribution in [3.8, 4) is 0 Å². The molecule has 0 N–H and O–H groups in total. The van der Waals surface area contributed by atoms with E-state index in [0.29, 0.717) is 11.8 Å². The first-order valence-corrected chi connectivity index (χ1v) is 4.02. The second-order valence-corrected chi connectivity index (χ2v) is 3.59. The highest BCUT2D eigenvalue weighted by Crippen LogP contribution is 2.36. The van der Waals surface area contributed by atoms with Crippen molar-refractivity contribution in [3.63, 3.8) is 0 Å². The highest BCUT2D eigenvalue weighted by atomic mass is 16.2. The van der Waals surface area contributed by atoms with E-state index in [-0.39, 0.29) is 0 Å². The predicted molar refractivity (Wildman–Crippen MR) is 38.5 cm³/mol. The highest BCUT2D eigenvalue weighted by molar-refractivity contribution is 5.79. The molecule has 2 heteroatoms. The molecule has 0 spiro atoms. The fourth-order valence-electron chi connectivity index (χ4n) is 2.25. The average Bonchev–Trinajstić information content (AvgIpc) is 2.29. The van der Waals surface area contributed by atoms with Crippen LogP contribution in [0.1, 0.15) is 19.3 Å². The third kappa shape index (κ3) is 0.746. The summed E-state index contributed by atoms with van der Waals surface area (Å²) in [6.07, 6.45) is 3.60. The number of rotatable bonds is 0. The molecule has 1 aliphatic carbocycles. The smallest absolute Gasteiger partial charge is 0.225 e. The molecule has 2 nitrogen and oxygen atoms in total. The lowest BCUT2D eigenvalue weighted by atomic mass is 9.99. The molecule has 2 fully saturated rings. The van der Waals surface area contributed by atoms with Gasteiger partial charge in [-0.15, -0.1) is 0 Å². The van der Waals surface area contributed by atoms with Gasteiger partial charge < -0.3 is 4.90 Å². The summed E-state index contributed by atoms with van der Waals surface area (Å²) in [4.78, 5) is 13.2. The first-order valence-electron chi connectivity index (χ1n) is 4.02. The summed E-state index contributed by atoms with van der Waals surface area (Å²) in [5.74, 6) is 1.60. The number of likely N-dealkylation sites (tertiary alicyclic amines) is 1. The van der Waals surface area contributed by atoms with Crippen LogP contribution in [-0.2, 0) is 4.79 Å². The molecule has 2 aliphatic rings. The average molecular weight is 139 g/mol. The van der Waals surface area contributed by atoms with Crippen molar-refractivity contribution in [3.05, 3.63) is 0 Å². The molecule has 2 unspecified atom stereocenters. The van der Waals surface area contributed by atoms with Crippen molar-refractivity contribution >= 4 is 5.91 Å². The van der Waals surface area contributed by atoms with E-state index in [0.717, 1.165) is 18.9 Å². The molecule has 1 aliphatic heterocycles. The molecular formula is C8H13NO. The molecule has 1 saturated carbocycles. The third-order valence-corrected chi connectivity index (χ3v) is 2.80. The second kappa shape index (κ2) is 1.97. The van der Waals surface area contributed by atoms with Crippen molar-refractivity contribution in [1.29, 1.82) is 0 Å². The number of hydrogen-bond donors (Lipinski definition) is 0. The van der Waals surface area contributed by atoms with Gasteiger partial charge in [0.1, 0.15) is 0 Å². The van der Waals surface area contributed by atoms with Crippen LogP contribution in [0.3, 0.4) is 0 Å². The SMILES string of the molecule is CN1CC2CCC(C2)C1=O. The van der Waals surface area contributed by atoms with E-state index in [1.165, 1.54) is 12.8 Å². The molecule has 2 bridgehead atoms. The van der Waals surface area contributed by atoms with E-state index in [1.807, 2.05) is 11.9 Å². The van der Waals surface area contributed by atoms with Gasteiger partial charge in [0.15, 0.2) is 0 Å². The number of piperidine rings is 1. The summed E-state index contributed by atoms with van der Waals surface area (Å²) in [6.45, 7) is 1.01. The monoisotopic (exact) mass is 139 g/mol. The lowest BCUT2D eigenvalue weighted by molar-refractivity contribution is -0.136. The molecule has 10 heavy (non-hydrogen) atoms. The summed E-state index contributed by atoms with van der Waals surface area (Å²) >= 11 is 0. The van der Waals surface area contributed by atoms with Crippen LogP contribution in [0.2, 0.25) is 0 Å². The largest absolute Gasteiger partial charge is 0.345 e. The Morgan fingerprint density at radius 1 is 1.50 bits per heavy atom. The summed E-state index contributed by atoms with van der Waals surface area (Å²) in [7, 11) is 1.92.